The minimum absolute atomic E-state index is 0.0237. The van der Waals surface area contributed by atoms with E-state index >= 15 is 0 Å². The summed E-state index contributed by atoms with van der Waals surface area (Å²) in [7, 11) is 3.40. The van der Waals surface area contributed by atoms with Crippen LogP contribution in [0, 0.1) is 0 Å². The summed E-state index contributed by atoms with van der Waals surface area (Å²) < 4.78 is 5.12. The lowest BCUT2D eigenvalue weighted by Crippen LogP contribution is -2.40. The summed E-state index contributed by atoms with van der Waals surface area (Å²) >= 11 is 0. The number of hydrogen-bond donors (Lipinski definition) is 1. The van der Waals surface area contributed by atoms with Gasteiger partial charge in [-0.2, -0.15) is 0 Å². The zero-order chi connectivity index (χ0) is 9.90. The molecule has 76 valence electrons. The first-order valence-electron chi connectivity index (χ1n) is 4.54. The van der Waals surface area contributed by atoms with Crippen molar-refractivity contribution in [1.82, 2.24) is 4.90 Å². The molecule has 0 unspecified atom stereocenters. The zero-order valence-electron chi connectivity index (χ0n) is 8.25. The average molecular weight is 187 g/mol. The lowest BCUT2D eigenvalue weighted by Gasteiger charge is -2.32. The molecule has 13 heavy (non-hydrogen) atoms. The van der Waals surface area contributed by atoms with E-state index in [9.17, 15) is 9.90 Å². The number of amides is 1. The molecule has 1 aliphatic heterocycles. The molecule has 0 saturated carbocycles. The molecule has 0 atom stereocenters. The molecule has 1 fully saturated rings. The van der Waals surface area contributed by atoms with Crippen molar-refractivity contribution in [2.45, 2.75) is 24.9 Å². The first-order chi connectivity index (χ1) is 6.03. The second kappa shape index (κ2) is 4.07. The van der Waals surface area contributed by atoms with Gasteiger partial charge in [0.1, 0.15) is 0 Å². The Morgan fingerprint density at radius 1 is 1.46 bits per heavy atom. The van der Waals surface area contributed by atoms with Crippen LogP contribution in [0.4, 0.5) is 0 Å². The topological polar surface area (TPSA) is 49.8 Å². The highest BCUT2D eigenvalue weighted by Crippen LogP contribution is 2.24. The highest BCUT2D eigenvalue weighted by atomic mass is 16.5. The fourth-order valence-electron chi connectivity index (χ4n) is 1.37. The molecule has 0 aliphatic carbocycles. The van der Waals surface area contributed by atoms with Crippen molar-refractivity contribution in [3.63, 3.8) is 0 Å². The molecule has 4 heteroatoms. The van der Waals surface area contributed by atoms with Gasteiger partial charge in [-0.1, -0.05) is 0 Å². The van der Waals surface area contributed by atoms with E-state index < -0.39 is 5.60 Å². The van der Waals surface area contributed by atoms with E-state index in [-0.39, 0.29) is 12.3 Å². The molecular formula is C9H17NO3. The summed E-state index contributed by atoms with van der Waals surface area (Å²) in [4.78, 5) is 12.8. The predicted octanol–water partition coefficient (Wildman–Crippen LogP) is 0.00620. The van der Waals surface area contributed by atoms with Gasteiger partial charge in [0.25, 0.3) is 0 Å². The average Bonchev–Trinajstić information content (AvgIpc) is 2.04. The Hall–Kier alpha value is -0.610. The lowest BCUT2D eigenvalue weighted by molar-refractivity contribution is -0.138. The zero-order valence-corrected chi connectivity index (χ0v) is 8.25. The Labute approximate surface area is 78.5 Å². The van der Waals surface area contributed by atoms with Gasteiger partial charge in [-0.3, -0.25) is 4.79 Å². The van der Waals surface area contributed by atoms with E-state index in [0.717, 1.165) is 0 Å². The van der Waals surface area contributed by atoms with E-state index in [1.165, 1.54) is 4.90 Å². The molecule has 4 nitrogen and oxygen atoms in total. The number of carbonyl (C=O) groups excluding carboxylic acids is 1. The fourth-order valence-corrected chi connectivity index (χ4v) is 1.37. The number of nitrogens with zero attached hydrogens (tertiary/aromatic N) is 1. The SMILES string of the molecule is CN(C)C(=O)CC1(O)CCOCC1. The Kier molecular flexibility index (Phi) is 3.27. The smallest absolute Gasteiger partial charge is 0.224 e. The van der Waals surface area contributed by atoms with Crippen LogP contribution in [0.3, 0.4) is 0 Å². The Bertz CT molecular complexity index is 185. The van der Waals surface area contributed by atoms with Crippen LogP contribution in [0.1, 0.15) is 19.3 Å². The van der Waals surface area contributed by atoms with Crippen molar-refractivity contribution in [1.29, 1.82) is 0 Å². The van der Waals surface area contributed by atoms with E-state index in [2.05, 4.69) is 0 Å². The summed E-state index contributed by atoms with van der Waals surface area (Å²) in [6.07, 6.45) is 1.34. The van der Waals surface area contributed by atoms with Gasteiger partial charge in [0.2, 0.25) is 5.91 Å². The number of aliphatic hydroxyl groups is 1. The van der Waals surface area contributed by atoms with Crippen LogP contribution in [0.15, 0.2) is 0 Å². The van der Waals surface area contributed by atoms with Crippen LogP contribution < -0.4 is 0 Å². The van der Waals surface area contributed by atoms with Gasteiger partial charge >= 0.3 is 0 Å². The Balaban J connectivity index is 2.45. The molecule has 1 rings (SSSR count). The molecule has 1 heterocycles. The maximum Gasteiger partial charge on any atom is 0.224 e. The van der Waals surface area contributed by atoms with Crippen LogP contribution in [0.25, 0.3) is 0 Å². The third-order valence-electron chi connectivity index (χ3n) is 2.40. The van der Waals surface area contributed by atoms with Crippen LogP contribution in [-0.4, -0.2) is 48.8 Å². The maximum atomic E-state index is 11.3. The molecular weight excluding hydrogens is 170 g/mol. The molecule has 0 aromatic rings. The third-order valence-corrected chi connectivity index (χ3v) is 2.40. The molecule has 1 saturated heterocycles. The van der Waals surface area contributed by atoms with E-state index in [0.29, 0.717) is 26.1 Å². The number of rotatable bonds is 2. The number of ether oxygens (including phenoxy) is 1. The summed E-state index contributed by atoms with van der Waals surface area (Å²) in [5, 5.41) is 9.96. The molecule has 1 amide bonds. The van der Waals surface area contributed by atoms with Crippen molar-refractivity contribution in [3.05, 3.63) is 0 Å². The second-order valence-corrected chi connectivity index (χ2v) is 3.80. The second-order valence-electron chi connectivity index (χ2n) is 3.80. The number of hydrogen-bond acceptors (Lipinski definition) is 3. The van der Waals surface area contributed by atoms with E-state index in [4.69, 9.17) is 4.74 Å². The van der Waals surface area contributed by atoms with Gasteiger partial charge < -0.3 is 14.7 Å². The van der Waals surface area contributed by atoms with Gasteiger partial charge in [-0.05, 0) is 0 Å². The van der Waals surface area contributed by atoms with E-state index in [1.807, 2.05) is 0 Å². The van der Waals surface area contributed by atoms with E-state index in [1.54, 1.807) is 14.1 Å². The van der Waals surface area contributed by atoms with Crippen molar-refractivity contribution < 1.29 is 14.6 Å². The van der Waals surface area contributed by atoms with Crippen molar-refractivity contribution in [3.8, 4) is 0 Å². The summed E-state index contributed by atoms with van der Waals surface area (Å²) in [6.45, 7) is 1.11. The summed E-state index contributed by atoms with van der Waals surface area (Å²) in [5.74, 6) is -0.0237. The standard InChI is InChI=1S/C9H17NO3/c1-10(2)8(11)7-9(12)3-5-13-6-4-9/h12H,3-7H2,1-2H3. The first kappa shape index (κ1) is 10.5. The van der Waals surface area contributed by atoms with Gasteiger partial charge in [-0.25, -0.2) is 0 Å². The first-order valence-corrected chi connectivity index (χ1v) is 4.54. The van der Waals surface area contributed by atoms with Crippen molar-refractivity contribution in [2.75, 3.05) is 27.3 Å². The highest BCUT2D eigenvalue weighted by Gasteiger charge is 2.32. The maximum absolute atomic E-state index is 11.3. The molecule has 1 N–H and O–H groups in total. The molecule has 0 bridgehead atoms. The van der Waals surface area contributed by atoms with Gasteiger partial charge in [0.15, 0.2) is 0 Å². The molecule has 0 spiro atoms. The van der Waals surface area contributed by atoms with Crippen molar-refractivity contribution in [2.24, 2.45) is 0 Å². The Morgan fingerprint density at radius 3 is 2.46 bits per heavy atom. The van der Waals surface area contributed by atoms with Crippen LogP contribution in [0.5, 0.6) is 0 Å². The van der Waals surface area contributed by atoms with Gasteiger partial charge in [-0.15, -0.1) is 0 Å². The molecule has 0 aromatic heterocycles. The molecule has 0 radical (unpaired) electrons. The van der Waals surface area contributed by atoms with Gasteiger partial charge in [0, 0.05) is 40.2 Å². The van der Waals surface area contributed by atoms with Crippen LogP contribution in [0.2, 0.25) is 0 Å². The molecule has 0 aromatic carbocycles. The highest BCUT2D eigenvalue weighted by molar-refractivity contribution is 5.76. The quantitative estimate of drug-likeness (QED) is 0.662. The van der Waals surface area contributed by atoms with Crippen LogP contribution >= 0.6 is 0 Å². The minimum atomic E-state index is -0.834. The monoisotopic (exact) mass is 187 g/mol. The van der Waals surface area contributed by atoms with Crippen LogP contribution in [-0.2, 0) is 9.53 Å². The van der Waals surface area contributed by atoms with Gasteiger partial charge in [0.05, 0.1) is 12.0 Å². The largest absolute Gasteiger partial charge is 0.389 e. The third kappa shape index (κ3) is 2.97. The summed E-state index contributed by atoms with van der Waals surface area (Å²) in [5.41, 5.74) is -0.834. The fraction of sp³-hybridized carbons (Fsp3) is 0.889. The summed E-state index contributed by atoms with van der Waals surface area (Å²) in [6, 6.07) is 0. The lowest BCUT2D eigenvalue weighted by atomic mass is 9.90. The molecule has 1 aliphatic rings. The Morgan fingerprint density at radius 2 is 2.00 bits per heavy atom. The number of carbonyl (C=O) groups is 1. The normalized spacial score (nSPS) is 21.2. The predicted molar refractivity (Wildman–Crippen MR) is 48.3 cm³/mol. The minimum Gasteiger partial charge on any atom is -0.389 e. The van der Waals surface area contributed by atoms with Crippen molar-refractivity contribution >= 4 is 5.91 Å².